The highest BCUT2D eigenvalue weighted by Crippen LogP contribution is 2.29. The fourth-order valence-corrected chi connectivity index (χ4v) is 1.73. The number of aryl methyl sites for hydroxylation is 1. The monoisotopic (exact) mass is 194 g/mol. The van der Waals surface area contributed by atoms with Gasteiger partial charge in [0.15, 0.2) is 5.09 Å². The van der Waals surface area contributed by atoms with Crippen LogP contribution in [-0.2, 0) is 9.47 Å². The summed E-state index contributed by atoms with van der Waals surface area (Å²) in [4.78, 5) is 1.17. The lowest BCUT2D eigenvalue weighted by Gasteiger charge is -2.00. The average molecular weight is 194 g/mol. The summed E-state index contributed by atoms with van der Waals surface area (Å²) in [5, 5.41) is 0.823. The van der Waals surface area contributed by atoms with Gasteiger partial charge in [-0.2, -0.15) is 0 Å². The molecule has 13 heavy (non-hydrogen) atoms. The molecule has 0 aliphatic carbocycles. The van der Waals surface area contributed by atoms with E-state index in [1.165, 1.54) is 10.5 Å². The lowest BCUT2D eigenvalue weighted by molar-refractivity contribution is 0.0888. The first-order valence-corrected chi connectivity index (χ1v) is 4.85. The van der Waals surface area contributed by atoms with Crippen molar-refractivity contribution in [2.24, 2.45) is 0 Å². The van der Waals surface area contributed by atoms with Gasteiger partial charge in [-0.1, -0.05) is 17.7 Å². The number of ether oxygens (including phenoxy) is 2. The van der Waals surface area contributed by atoms with Gasteiger partial charge in [0.1, 0.15) is 6.26 Å². The van der Waals surface area contributed by atoms with Crippen LogP contribution in [0.4, 0.5) is 0 Å². The highest BCUT2D eigenvalue weighted by atomic mass is 32.2. The van der Waals surface area contributed by atoms with Crippen molar-refractivity contribution in [1.29, 1.82) is 0 Å². The van der Waals surface area contributed by atoms with Gasteiger partial charge in [0.25, 0.3) is 0 Å². The first-order valence-electron chi connectivity index (χ1n) is 4.04. The molecular formula is C10H10O2S. The number of thioether (sulfide) groups is 1. The van der Waals surface area contributed by atoms with Crippen LogP contribution in [0.3, 0.4) is 0 Å². The number of benzene rings is 1. The molecule has 0 amide bonds. The second kappa shape index (κ2) is 3.75. The molecule has 1 aliphatic heterocycles. The molecule has 1 aliphatic rings. The average Bonchev–Trinajstić information content (AvgIpc) is 2.62. The molecule has 68 valence electrons. The highest BCUT2D eigenvalue weighted by Gasteiger charge is 2.07. The zero-order chi connectivity index (χ0) is 9.10. The smallest absolute Gasteiger partial charge is 0.231 e. The van der Waals surface area contributed by atoms with Crippen LogP contribution >= 0.6 is 11.8 Å². The molecule has 0 bridgehead atoms. The first kappa shape index (κ1) is 8.51. The van der Waals surface area contributed by atoms with Gasteiger partial charge in [-0.05, 0) is 30.8 Å². The maximum Gasteiger partial charge on any atom is 0.231 e. The zero-order valence-electron chi connectivity index (χ0n) is 7.32. The summed E-state index contributed by atoms with van der Waals surface area (Å²) in [6.45, 7) is 2.41. The largest absolute Gasteiger partial charge is 0.461 e. The Morgan fingerprint density at radius 3 is 2.62 bits per heavy atom. The van der Waals surface area contributed by atoms with Crippen LogP contribution < -0.4 is 0 Å². The molecule has 0 saturated heterocycles. The Hall–Kier alpha value is -1.09. The summed E-state index contributed by atoms with van der Waals surface area (Å²) in [6.07, 6.45) is 1.64. The predicted octanol–water partition coefficient (Wildman–Crippen LogP) is 2.89. The Morgan fingerprint density at radius 1 is 1.23 bits per heavy atom. The molecule has 0 aromatic heterocycles. The number of hydrogen-bond acceptors (Lipinski definition) is 3. The van der Waals surface area contributed by atoms with E-state index in [0.717, 1.165) is 5.09 Å². The summed E-state index contributed by atoms with van der Waals surface area (Å²) in [5.74, 6) is 0. The van der Waals surface area contributed by atoms with Gasteiger partial charge in [0, 0.05) is 4.90 Å². The van der Waals surface area contributed by atoms with Gasteiger partial charge < -0.3 is 9.47 Å². The second-order valence-electron chi connectivity index (χ2n) is 2.78. The van der Waals surface area contributed by atoms with Crippen molar-refractivity contribution in [3.8, 4) is 0 Å². The fraction of sp³-hybridized carbons (Fsp3) is 0.200. The highest BCUT2D eigenvalue weighted by molar-refractivity contribution is 8.02. The quantitative estimate of drug-likeness (QED) is 0.721. The van der Waals surface area contributed by atoms with Gasteiger partial charge in [-0.25, -0.2) is 0 Å². The van der Waals surface area contributed by atoms with Gasteiger partial charge in [-0.15, -0.1) is 0 Å². The van der Waals surface area contributed by atoms with Crippen molar-refractivity contribution in [2.45, 2.75) is 11.8 Å². The minimum absolute atomic E-state index is 0.341. The standard InChI is InChI=1S/C10H10O2S/c1-8-2-4-9(5-3-8)13-10-6-11-7-12-10/h2-6H,7H2,1H3. The van der Waals surface area contributed by atoms with E-state index in [9.17, 15) is 0 Å². The second-order valence-corrected chi connectivity index (χ2v) is 3.86. The van der Waals surface area contributed by atoms with Crippen molar-refractivity contribution in [3.05, 3.63) is 41.2 Å². The third-order valence-corrected chi connectivity index (χ3v) is 2.61. The Kier molecular flexibility index (Phi) is 2.45. The molecule has 1 aromatic rings. The summed E-state index contributed by atoms with van der Waals surface area (Å²) >= 11 is 1.57. The molecule has 0 N–H and O–H groups in total. The summed E-state index contributed by atoms with van der Waals surface area (Å²) < 4.78 is 10.1. The van der Waals surface area contributed by atoms with Crippen LogP contribution in [0.2, 0.25) is 0 Å². The van der Waals surface area contributed by atoms with Crippen LogP contribution in [0.1, 0.15) is 5.56 Å². The SMILES string of the molecule is Cc1ccc(SC2=COCO2)cc1. The van der Waals surface area contributed by atoms with E-state index in [1.54, 1.807) is 18.0 Å². The van der Waals surface area contributed by atoms with Crippen LogP contribution in [0.15, 0.2) is 40.5 Å². The van der Waals surface area contributed by atoms with E-state index in [1.807, 2.05) is 0 Å². The molecule has 2 rings (SSSR count). The van der Waals surface area contributed by atoms with Gasteiger partial charge >= 0.3 is 0 Å². The minimum atomic E-state index is 0.341. The van der Waals surface area contributed by atoms with E-state index in [0.29, 0.717) is 6.79 Å². The topological polar surface area (TPSA) is 18.5 Å². The van der Waals surface area contributed by atoms with Gasteiger partial charge in [0.05, 0.1) is 0 Å². The normalized spacial score (nSPS) is 14.7. The lowest BCUT2D eigenvalue weighted by Crippen LogP contribution is -1.81. The molecule has 0 unspecified atom stereocenters. The minimum Gasteiger partial charge on any atom is -0.461 e. The Bertz CT molecular complexity index is 316. The summed E-state index contributed by atoms with van der Waals surface area (Å²) in [5.41, 5.74) is 1.27. The van der Waals surface area contributed by atoms with Crippen LogP contribution in [0.5, 0.6) is 0 Å². The fourth-order valence-electron chi connectivity index (χ4n) is 1.00. The Morgan fingerprint density at radius 2 is 2.00 bits per heavy atom. The van der Waals surface area contributed by atoms with E-state index >= 15 is 0 Å². The van der Waals surface area contributed by atoms with Gasteiger partial charge in [-0.3, -0.25) is 0 Å². The molecule has 2 nitrogen and oxygen atoms in total. The van der Waals surface area contributed by atoms with Crippen molar-refractivity contribution in [3.63, 3.8) is 0 Å². The van der Waals surface area contributed by atoms with Crippen molar-refractivity contribution in [1.82, 2.24) is 0 Å². The number of hydrogen-bond donors (Lipinski definition) is 0. The first-order chi connectivity index (χ1) is 6.34. The van der Waals surface area contributed by atoms with E-state index in [-0.39, 0.29) is 0 Å². The van der Waals surface area contributed by atoms with Crippen molar-refractivity contribution in [2.75, 3.05) is 6.79 Å². The Labute approximate surface area is 81.5 Å². The van der Waals surface area contributed by atoms with Gasteiger partial charge in [0.2, 0.25) is 6.79 Å². The maximum atomic E-state index is 5.19. The van der Waals surface area contributed by atoms with Crippen LogP contribution in [0.25, 0.3) is 0 Å². The van der Waals surface area contributed by atoms with E-state index in [2.05, 4.69) is 31.2 Å². The van der Waals surface area contributed by atoms with Crippen molar-refractivity contribution >= 4 is 11.8 Å². The molecular weight excluding hydrogens is 184 g/mol. The molecule has 1 aromatic carbocycles. The number of rotatable bonds is 2. The van der Waals surface area contributed by atoms with Crippen molar-refractivity contribution < 1.29 is 9.47 Å². The summed E-state index contributed by atoms with van der Waals surface area (Å²) in [7, 11) is 0. The summed E-state index contributed by atoms with van der Waals surface area (Å²) in [6, 6.07) is 8.31. The molecule has 0 fully saturated rings. The third kappa shape index (κ3) is 2.18. The maximum absolute atomic E-state index is 5.19. The molecule has 0 saturated carbocycles. The Balaban J connectivity index is 2.05. The molecule has 0 spiro atoms. The lowest BCUT2D eigenvalue weighted by atomic mass is 10.2. The van der Waals surface area contributed by atoms with E-state index in [4.69, 9.17) is 9.47 Å². The molecule has 0 radical (unpaired) electrons. The van der Waals surface area contributed by atoms with Crippen LogP contribution in [-0.4, -0.2) is 6.79 Å². The molecule has 0 atom stereocenters. The van der Waals surface area contributed by atoms with E-state index < -0.39 is 0 Å². The molecule has 3 heteroatoms. The third-order valence-electron chi connectivity index (χ3n) is 1.69. The predicted molar refractivity (Wildman–Crippen MR) is 52.2 cm³/mol. The van der Waals surface area contributed by atoms with Crippen LogP contribution in [0, 0.1) is 6.92 Å². The zero-order valence-corrected chi connectivity index (χ0v) is 8.14. The molecule has 1 heterocycles.